The molecule has 0 atom stereocenters. The summed E-state index contributed by atoms with van der Waals surface area (Å²) in [6.07, 6.45) is 1.71. The average molecular weight is 664 g/mol. The van der Waals surface area contributed by atoms with Crippen molar-refractivity contribution < 1.29 is 14.3 Å². The van der Waals surface area contributed by atoms with Gasteiger partial charge in [-0.25, -0.2) is 4.79 Å². The maximum Gasteiger partial charge on any atom is 0.329 e. The standard InChI is InChI=1S/C26H22I2N2O3/c1-16-6-8-18(9-7-16)14-30-25(31)23(29-26(30)32)13-20-11-21(27)24(22(28)12-20)33-15-19-5-3-4-17(2)10-19/h3-13H,14-15H2,1-2H3,(H,29,32)/b23-13+. The highest BCUT2D eigenvalue weighted by Gasteiger charge is 2.33. The molecular formula is C26H22I2N2O3. The van der Waals surface area contributed by atoms with E-state index in [4.69, 9.17) is 4.74 Å². The number of imide groups is 1. The zero-order valence-electron chi connectivity index (χ0n) is 18.2. The van der Waals surface area contributed by atoms with E-state index in [0.717, 1.165) is 35.1 Å². The van der Waals surface area contributed by atoms with Crippen molar-refractivity contribution in [3.8, 4) is 5.75 Å². The van der Waals surface area contributed by atoms with Crippen LogP contribution < -0.4 is 10.1 Å². The molecule has 1 aliphatic rings. The fraction of sp³-hybridized carbons (Fsp3) is 0.154. The second-order valence-corrected chi connectivity index (χ2v) is 10.3. The first kappa shape index (κ1) is 23.7. The maximum atomic E-state index is 12.9. The van der Waals surface area contributed by atoms with Crippen molar-refractivity contribution in [1.82, 2.24) is 10.2 Å². The predicted octanol–water partition coefficient (Wildman–Crippen LogP) is 6.18. The van der Waals surface area contributed by atoms with E-state index in [0.29, 0.717) is 6.61 Å². The van der Waals surface area contributed by atoms with Crippen LogP contribution in [0.2, 0.25) is 0 Å². The van der Waals surface area contributed by atoms with E-state index >= 15 is 0 Å². The molecule has 0 radical (unpaired) electrons. The first-order valence-corrected chi connectivity index (χ1v) is 12.5. The summed E-state index contributed by atoms with van der Waals surface area (Å²) < 4.78 is 7.96. The number of carbonyl (C=O) groups excluding carboxylic acids is 2. The number of carbonyl (C=O) groups is 2. The number of ether oxygens (including phenoxy) is 1. The van der Waals surface area contributed by atoms with Crippen molar-refractivity contribution in [2.24, 2.45) is 0 Å². The molecule has 7 heteroatoms. The summed E-state index contributed by atoms with van der Waals surface area (Å²) in [5.41, 5.74) is 5.44. The van der Waals surface area contributed by atoms with E-state index in [1.165, 1.54) is 10.5 Å². The van der Waals surface area contributed by atoms with Crippen LogP contribution in [0.5, 0.6) is 5.75 Å². The van der Waals surface area contributed by atoms with Crippen molar-refractivity contribution >= 4 is 63.2 Å². The summed E-state index contributed by atoms with van der Waals surface area (Å²) in [7, 11) is 0. The van der Waals surface area contributed by atoms with Gasteiger partial charge >= 0.3 is 6.03 Å². The number of aryl methyl sites for hydroxylation is 2. The highest BCUT2D eigenvalue weighted by molar-refractivity contribution is 14.1. The van der Waals surface area contributed by atoms with Gasteiger partial charge in [-0.1, -0.05) is 59.7 Å². The van der Waals surface area contributed by atoms with Gasteiger partial charge in [0.1, 0.15) is 18.1 Å². The monoisotopic (exact) mass is 664 g/mol. The molecule has 0 aliphatic carbocycles. The van der Waals surface area contributed by atoms with Gasteiger partial charge in [0.05, 0.1) is 13.7 Å². The van der Waals surface area contributed by atoms with Gasteiger partial charge in [-0.2, -0.15) is 0 Å². The molecule has 1 heterocycles. The summed E-state index contributed by atoms with van der Waals surface area (Å²) in [6, 6.07) is 19.5. The summed E-state index contributed by atoms with van der Waals surface area (Å²) in [5.74, 6) is 0.480. The van der Waals surface area contributed by atoms with E-state index in [2.05, 4.69) is 69.6 Å². The Morgan fingerprint density at radius 1 is 0.909 bits per heavy atom. The van der Waals surface area contributed by atoms with Crippen molar-refractivity contribution in [3.05, 3.63) is 101 Å². The van der Waals surface area contributed by atoms with E-state index < -0.39 is 6.03 Å². The van der Waals surface area contributed by atoms with Gasteiger partial charge in [-0.15, -0.1) is 0 Å². The molecule has 3 aromatic rings. The average Bonchev–Trinajstić information content (AvgIpc) is 3.02. The van der Waals surface area contributed by atoms with Crippen molar-refractivity contribution in [2.45, 2.75) is 27.0 Å². The first-order valence-electron chi connectivity index (χ1n) is 10.4. The molecule has 0 saturated carbocycles. The third-order valence-electron chi connectivity index (χ3n) is 5.22. The van der Waals surface area contributed by atoms with E-state index in [9.17, 15) is 9.59 Å². The van der Waals surface area contributed by atoms with Gasteiger partial charge in [-0.3, -0.25) is 9.69 Å². The van der Waals surface area contributed by atoms with E-state index in [1.807, 2.05) is 55.5 Å². The molecular weight excluding hydrogens is 642 g/mol. The van der Waals surface area contributed by atoms with Crippen LogP contribution in [0.3, 0.4) is 0 Å². The third kappa shape index (κ3) is 5.75. The van der Waals surface area contributed by atoms with Gasteiger partial charge in [0.2, 0.25) is 0 Å². The zero-order valence-corrected chi connectivity index (χ0v) is 22.5. The highest BCUT2D eigenvalue weighted by Crippen LogP contribution is 2.31. The van der Waals surface area contributed by atoms with Crippen LogP contribution in [0.15, 0.2) is 66.4 Å². The number of halogens is 2. The lowest BCUT2D eigenvalue weighted by Crippen LogP contribution is -2.30. The number of hydrogen-bond acceptors (Lipinski definition) is 3. The molecule has 1 fully saturated rings. The minimum Gasteiger partial charge on any atom is -0.487 e. The Bertz CT molecular complexity index is 1230. The highest BCUT2D eigenvalue weighted by atomic mass is 127. The topological polar surface area (TPSA) is 58.6 Å². The summed E-state index contributed by atoms with van der Waals surface area (Å²) in [4.78, 5) is 26.5. The van der Waals surface area contributed by atoms with Gasteiger partial charge in [0.25, 0.3) is 5.91 Å². The minimum atomic E-state index is -0.408. The van der Waals surface area contributed by atoms with Gasteiger partial charge in [-0.05, 0) is 93.9 Å². The lowest BCUT2D eigenvalue weighted by Gasteiger charge is -2.12. The molecule has 33 heavy (non-hydrogen) atoms. The lowest BCUT2D eigenvalue weighted by molar-refractivity contribution is -0.123. The molecule has 0 spiro atoms. The lowest BCUT2D eigenvalue weighted by atomic mass is 10.1. The van der Waals surface area contributed by atoms with Gasteiger partial charge in [0.15, 0.2) is 0 Å². The maximum absolute atomic E-state index is 12.9. The van der Waals surface area contributed by atoms with E-state index in [-0.39, 0.29) is 18.1 Å². The zero-order chi connectivity index (χ0) is 23.5. The second kappa shape index (κ2) is 10.3. The molecule has 0 aromatic heterocycles. The molecule has 4 rings (SSSR count). The van der Waals surface area contributed by atoms with Crippen LogP contribution in [0, 0.1) is 21.0 Å². The fourth-order valence-electron chi connectivity index (χ4n) is 3.52. The Morgan fingerprint density at radius 2 is 1.61 bits per heavy atom. The molecule has 168 valence electrons. The SMILES string of the molecule is Cc1ccc(CN2C(=O)N/C(=C/c3cc(I)c(OCc4cccc(C)c4)c(I)c3)C2=O)cc1. The number of urea groups is 1. The molecule has 1 aliphatic heterocycles. The fourth-order valence-corrected chi connectivity index (χ4v) is 5.64. The van der Waals surface area contributed by atoms with Gasteiger partial charge in [0, 0.05) is 0 Å². The molecule has 0 unspecified atom stereocenters. The number of hydrogen-bond donors (Lipinski definition) is 1. The molecule has 0 bridgehead atoms. The Kier molecular flexibility index (Phi) is 7.38. The number of amides is 3. The quantitative estimate of drug-likeness (QED) is 0.195. The Labute approximate surface area is 220 Å². The number of rotatable bonds is 6. The van der Waals surface area contributed by atoms with Crippen LogP contribution in [-0.4, -0.2) is 16.8 Å². The van der Waals surface area contributed by atoms with Crippen LogP contribution >= 0.6 is 45.2 Å². The number of benzene rings is 3. The van der Waals surface area contributed by atoms with Crippen LogP contribution in [-0.2, 0) is 17.9 Å². The normalized spacial score (nSPS) is 14.7. The van der Waals surface area contributed by atoms with Crippen LogP contribution in [0.4, 0.5) is 4.79 Å². The van der Waals surface area contributed by atoms with Crippen LogP contribution in [0.1, 0.15) is 27.8 Å². The molecule has 1 N–H and O–H groups in total. The largest absolute Gasteiger partial charge is 0.487 e. The molecule has 1 saturated heterocycles. The Morgan fingerprint density at radius 3 is 2.27 bits per heavy atom. The Balaban J connectivity index is 1.49. The molecule has 3 aromatic carbocycles. The minimum absolute atomic E-state index is 0.239. The Hall–Kier alpha value is -2.40. The third-order valence-corrected chi connectivity index (χ3v) is 6.82. The summed E-state index contributed by atoms with van der Waals surface area (Å²) in [5, 5.41) is 2.70. The smallest absolute Gasteiger partial charge is 0.329 e. The van der Waals surface area contributed by atoms with E-state index in [1.54, 1.807) is 6.08 Å². The molecule has 5 nitrogen and oxygen atoms in total. The second-order valence-electron chi connectivity index (χ2n) is 7.96. The predicted molar refractivity (Wildman–Crippen MR) is 146 cm³/mol. The summed E-state index contributed by atoms with van der Waals surface area (Å²) in [6.45, 7) is 4.78. The molecule has 3 amide bonds. The summed E-state index contributed by atoms with van der Waals surface area (Å²) >= 11 is 4.47. The van der Waals surface area contributed by atoms with Crippen molar-refractivity contribution in [1.29, 1.82) is 0 Å². The van der Waals surface area contributed by atoms with Gasteiger partial charge < -0.3 is 10.1 Å². The van der Waals surface area contributed by atoms with Crippen molar-refractivity contribution in [2.75, 3.05) is 0 Å². The number of nitrogens with zero attached hydrogens (tertiary/aromatic N) is 1. The van der Waals surface area contributed by atoms with Crippen molar-refractivity contribution in [3.63, 3.8) is 0 Å². The first-order chi connectivity index (χ1) is 15.8. The van der Waals surface area contributed by atoms with Crippen LogP contribution in [0.25, 0.3) is 6.08 Å². The number of nitrogens with one attached hydrogen (secondary N) is 1.